The van der Waals surface area contributed by atoms with Gasteiger partial charge in [0.1, 0.15) is 16.5 Å². The lowest BCUT2D eigenvalue weighted by Crippen LogP contribution is -2.39. The Morgan fingerprint density at radius 3 is 2.70 bits per heavy atom. The van der Waals surface area contributed by atoms with Gasteiger partial charge >= 0.3 is 6.03 Å². The van der Waals surface area contributed by atoms with Gasteiger partial charge in [0, 0.05) is 28.4 Å². The molecule has 1 N–H and O–H groups in total. The number of benzene rings is 1. The molecule has 174 valence electrons. The Hall–Kier alpha value is -2.93. The molecule has 0 fully saturated rings. The lowest BCUT2D eigenvalue weighted by molar-refractivity contribution is 0.161. The highest BCUT2D eigenvalue weighted by Crippen LogP contribution is 2.44. The Bertz CT molecular complexity index is 1180. The summed E-state index contributed by atoms with van der Waals surface area (Å²) in [5.41, 5.74) is 4.58. The number of aromatic nitrogens is 1. The van der Waals surface area contributed by atoms with Crippen LogP contribution >= 0.6 is 11.3 Å². The van der Waals surface area contributed by atoms with Gasteiger partial charge in [0.05, 0.1) is 32.5 Å². The van der Waals surface area contributed by atoms with E-state index in [1.165, 1.54) is 39.5 Å². The number of hydrogen-bond donors (Lipinski definition) is 1. The smallest absolute Gasteiger partial charge is 0.322 e. The third-order valence-electron chi connectivity index (χ3n) is 6.77. The van der Waals surface area contributed by atoms with E-state index in [1.54, 1.807) is 20.3 Å². The molecule has 3 aromatic rings. The molecule has 6 nitrogen and oxygen atoms in total. The van der Waals surface area contributed by atoms with Crippen molar-refractivity contribution in [2.75, 3.05) is 19.5 Å². The summed E-state index contributed by atoms with van der Waals surface area (Å²) in [6, 6.07) is 9.55. The first-order chi connectivity index (χ1) is 16.0. The van der Waals surface area contributed by atoms with Gasteiger partial charge in [-0.2, -0.15) is 0 Å². The number of anilines is 1. The van der Waals surface area contributed by atoms with Gasteiger partial charge in [-0.1, -0.05) is 13.8 Å². The number of fused-ring (bicyclic) bond motifs is 5. The fraction of sp³-hybridized carbons (Fsp3) is 0.423. The number of thiophene rings is 1. The number of ether oxygens (including phenoxy) is 2. The van der Waals surface area contributed by atoms with Crippen LogP contribution in [0.4, 0.5) is 10.5 Å². The summed E-state index contributed by atoms with van der Waals surface area (Å²) in [5.74, 6) is 1.52. The van der Waals surface area contributed by atoms with E-state index >= 15 is 0 Å². The minimum absolute atomic E-state index is 0.0388. The second-order valence-electron chi connectivity index (χ2n) is 9.11. The van der Waals surface area contributed by atoms with Gasteiger partial charge < -0.3 is 24.3 Å². The van der Waals surface area contributed by atoms with Crippen LogP contribution in [0.2, 0.25) is 0 Å². The maximum absolute atomic E-state index is 13.8. The Balaban J connectivity index is 1.56. The first-order valence-corrected chi connectivity index (χ1v) is 12.4. The predicted octanol–water partition coefficient (Wildman–Crippen LogP) is 6.18. The van der Waals surface area contributed by atoms with Gasteiger partial charge in [-0.05, 0) is 61.4 Å². The largest absolute Gasteiger partial charge is 0.497 e. The maximum Gasteiger partial charge on any atom is 0.322 e. The molecule has 5 rings (SSSR count). The number of amides is 2. The molecule has 2 aromatic heterocycles. The number of aryl methyl sites for hydroxylation is 1. The van der Waals surface area contributed by atoms with Gasteiger partial charge in [-0.15, -0.1) is 11.3 Å². The molecular weight excluding hydrogens is 434 g/mol. The van der Waals surface area contributed by atoms with E-state index in [9.17, 15) is 4.79 Å². The average molecular weight is 466 g/mol. The summed E-state index contributed by atoms with van der Waals surface area (Å²) in [4.78, 5) is 17.3. The first kappa shape index (κ1) is 21.9. The first-order valence-electron chi connectivity index (χ1n) is 11.6. The number of nitrogens with one attached hydrogen (secondary N) is 1. The Morgan fingerprint density at radius 2 is 1.94 bits per heavy atom. The molecule has 0 unspecified atom stereocenters. The van der Waals surface area contributed by atoms with Crippen molar-refractivity contribution in [2.45, 2.75) is 52.1 Å². The SMILES string of the molecule is COc1ccc(NC(=O)N2Cc3c(sc4c3CCCC4)-n3cccc3[C@@H]2C(C)C)c(OC)c1. The summed E-state index contributed by atoms with van der Waals surface area (Å²) in [6.45, 7) is 4.98. The highest BCUT2D eigenvalue weighted by molar-refractivity contribution is 7.15. The van der Waals surface area contributed by atoms with Crippen LogP contribution in [0.1, 0.15) is 54.4 Å². The van der Waals surface area contributed by atoms with E-state index < -0.39 is 0 Å². The molecule has 3 heterocycles. The Morgan fingerprint density at radius 1 is 1.12 bits per heavy atom. The van der Waals surface area contributed by atoms with Crippen LogP contribution in [0.25, 0.3) is 5.00 Å². The summed E-state index contributed by atoms with van der Waals surface area (Å²) in [7, 11) is 3.22. The third-order valence-corrected chi connectivity index (χ3v) is 8.10. The van der Waals surface area contributed by atoms with Crippen LogP contribution in [-0.2, 0) is 19.4 Å². The van der Waals surface area contributed by atoms with Crippen LogP contribution in [0.5, 0.6) is 11.5 Å². The summed E-state index contributed by atoms with van der Waals surface area (Å²) in [6.07, 6.45) is 6.87. The fourth-order valence-corrected chi connectivity index (χ4v) is 6.62. The molecule has 1 atom stereocenters. The van der Waals surface area contributed by atoms with E-state index in [0.717, 1.165) is 12.8 Å². The van der Waals surface area contributed by atoms with Crippen molar-refractivity contribution in [2.24, 2.45) is 5.92 Å². The van der Waals surface area contributed by atoms with Gasteiger partial charge in [0.2, 0.25) is 0 Å². The van der Waals surface area contributed by atoms with Crippen molar-refractivity contribution in [3.05, 3.63) is 58.2 Å². The lowest BCUT2D eigenvalue weighted by Gasteiger charge is -2.33. The molecule has 0 spiro atoms. The molecule has 0 radical (unpaired) electrons. The van der Waals surface area contributed by atoms with Crippen molar-refractivity contribution in [1.29, 1.82) is 0 Å². The molecule has 7 heteroatoms. The van der Waals surface area contributed by atoms with E-state index in [-0.39, 0.29) is 18.0 Å². The molecule has 1 aromatic carbocycles. The highest BCUT2D eigenvalue weighted by Gasteiger charge is 2.36. The van der Waals surface area contributed by atoms with E-state index in [4.69, 9.17) is 9.47 Å². The molecule has 2 aliphatic rings. The van der Waals surface area contributed by atoms with E-state index in [2.05, 4.69) is 42.1 Å². The van der Waals surface area contributed by atoms with Crippen molar-refractivity contribution < 1.29 is 14.3 Å². The maximum atomic E-state index is 13.8. The monoisotopic (exact) mass is 465 g/mol. The average Bonchev–Trinajstić information content (AvgIpc) is 3.40. The van der Waals surface area contributed by atoms with Gasteiger partial charge in [-0.3, -0.25) is 0 Å². The zero-order valence-electron chi connectivity index (χ0n) is 19.7. The number of carbonyl (C=O) groups excluding carboxylic acids is 1. The predicted molar refractivity (Wildman–Crippen MR) is 132 cm³/mol. The Labute approximate surface area is 199 Å². The van der Waals surface area contributed by atoms with Crippen LogP contribution in [0.15, 0.2) is 36.5 Å². The van der Waals surface area contributed by atoms with Gasteiger partial charge in [0.15, 0.2) is 0 Å². The molecule has 0 saturated heterocycles. The number of nitrogens with zero attached hydrogens (tertiary/aromatic N) is 2. The normalized spacial score (nSPS) is 17.1. The summed E-state index contributed by atoms with van der Waals surface area (Å²) >= 11 is 1.91. The Kier molecular flexibility index (Phi) is 5.83. The summed E-state index contributed by atoms with van der Waals surface area (Å²) < 4.78 is 13.2. The molecule has 2 amide bonds. The number of hydrogen-bond acceptors (Lipinski definition) is 4. The van der Waals surface area contributed by atoms with Crippen LogP contribution in [0.3, 0.4) is 0 Å². The number of methoxy groups -OCH3 is 2. The van der Waals surface area contributed by atoms with Crippen LogP contribution in [0, 0.1) is 5.92 Å². The topological polar surface area (TPSA) is 55.7 Å². The lowest BCUT2D eigenvalue weighted by atomic mass is 9.94. The fourth-order valence-electron chi connectivity index (χ4n) is 5.21. The standard InChI is InChI=1S/C26H31N3O3S/c1-16(2)24-21-9-7-13-28(21)25-19(18-8-5-6-10-23(18)33-25)15-29(24)26(30)27-20-12-11-17(31-3)14-22(20)32-4/h7,9,11-14,16,24H,5-6,8,10,15H2,1-4H3,(H,27,30)/t24-/m0/s1. The van der Waals surface area contributed by atoms with E-state index in [0.29, 0.717) is 23.7 Å². The summed E-state index contributed by atoms with van der Waals surface area (Å²) in [5, 5.41) is 4.40. The van der Waals surface area contributed by atoms with Crippen LogP contribution in [-0.4, -0.2) is 29.7 Å². The zero-order chi connectivity index (χ0) is 23.1. The van der Waals surface area contributed by atoms with Crippen LogP contribution < -0.4 is 14.8 Å². The second kappa shape index (κ2) is 8.78. The second-order valence-corrected chi connectivity index (χ2v) is 10.2. The number of urea groups is 1. The van der Waals surface area contributed by atoms with Crippen molar-refractivity contribution in [3.8, 4) is 16.5 Å². The molecule has 0 saturated carbocycles. The number of rotatable bonds is 4. The quantitative estimate of drug-likeness (QED) is 0.501. The van der Waals surface area contributed by atoms with Gasteiger partial charge in [0.25, 0.3) is 0 Å². The zero-order valence-corrected chi connectivity index (χ0v) is 20.5. The van der Waals surface area contributed by atoms with Crippen molar-refractivity contribution in [3.63, 3.8) is 0 Å². The molecule has 1 aliphatic heterocycles. The van der Waals surface area contributed by atoms with Crippen molar-refractivity contribution in [1.82, 2.24) is 9.47 Å². The molecule has 1 aliphatic carbocycles. The number of carbonyl (C=O) groups is 1. The van der Waals surface area contributed by atoms with E-state index in [1.807, 2.05) is 28.4 Å². The minimum Gasteiger partial charge on any atom is -0.497 e. The van der Waals surface area contributed by atoms with Crippen molar-refractivity contribution >= 4 is 23.1 Å². The molecule has 0 bridgehead atoms. The van der Waals surface area contributed by atoms with Gasteiger partial charge in [-0.25, -0.2) is 4.79 Å². The minimum atomic E-state index is -0.117. The highest BCUT2D eigenvalue weighted by atomic mass is 32.1. The third kappa shape index (κ3) is 3.78. The molecule has 33 heavy (non-hydrogen) atoms. The molecular formula is C26H31N3O3S.